The highest BCUT2D eigenvalue weighted by atomic mass is 35.5. The van der Waals surface area contributed by atoms with Gasteiger partial charge in [0.25, 0.3) is 5.91 Å². The quantitative estimate of drug-likeness (QED) is 0.213. The van der Waals surface area contributed by atoms with Crippen molar-refractivity contribution in [3.63, 3.8) is 0 Å². The molecule has 40 heavy (non-hydrogen) atoms. The average Bonchev–Trinajstić information content (AvgIpc) is 3.67. The van der Waals surface area contributed by atoms with E-state index in [2.05, 4.69) is 21.2 Å². The summed E-state index contributed by atoms with van der Waals surface area (Å²) in [5.74, 6) is -1.56. The second-order valence-corrected chi connectivity index (χ2v) is 12.3. The Morgan fingerprint density at radius 2 is 1.90 bits per heavy atom. The van der Waals surface area contributed by atoms with E-state index in [9.17, 15) is 30.8 Å². The molecule has 1 aromatic carbocycles. The molecule has 0 aromatic heterocycles. The van der Waals surface area contributed by atoms with Gasteiger partial charge in [-0.2, -0.15) is 13.2 Å². The molecule has 2 aliphatic rings. The summed E-state index contributed by atoms with van der Waals surface area (Å²) < 4.78 is 87.1. The molecule has 14 heteroatoms. The minimum atomic E-state index is -4.52. The number of carbonyl (C=O) groups excluding carboxylic acids is 1. The van der Waals surface area contributed by atoms with Gasteiger partial charge in [-0.25, -0.2) is 22.5 Å². The Bertz CT molecular complexity index is 1270. The van der Waals surface area contributed by atoms with Gasteiger partial charge >= 0.3 is 6.18 Å². The summed E-state index contributed by atoms with van der Waals surface area (Å²) in [6, 6.07) is 2.53. The molecule has 1 saturated heterocycles. The molecule has 2 fully saturated rings. The van der Waals surface area contributed by atoms with Gasteiger partial charge in [0.05, 0.1) is 23.5 Å². The molecule has 8 nitrogen and oxygen atoms in total. The number of piperidine rings is 1. The molecule has 1 aliphatic heterocycles. The van der Waals surface area contributed by atoms with Crippen molar-refractivity contribution < 1.29 is 40.2 Å². The number of ether oxygens (including phenoxy) is 2. The third-order valence-electron chi connectivity index (χ3n) is 6.30. The van der Waals surface area contributed by atoms with Crippen molar-refractivity contribution in [3.05, 3.63) is 52.5 Å². The average molecular weight is 610 g/mol. The molecule has 1 aromatic rings. The third kappa shape index (κ3) is 10.4. The number of hydrogen-bond donors (Lipinski definition) is 1. The van der Waals surface area contributed by atoms with Gasteiger partial charge in [-0.1, -0.05) is 18.2 Å². The molecular formula is C26H32ClF4N3O5S. The molecule has 0 unspecified atom stereocenters. The fourth-order valence-electron chi connectivity index (χ4n) is 4.22. The number of sulfonamides is 1. The highest BCUT2D eigenvalue weighted by Crippen LogP contribution is 2.45. The zero-order valence-electron chi connectivity index (χ0n) is 22.2. The van der Waals surface area contributed by atoms with Gasteiger partial charge in [-0.3, -0.25) is 9.69 Å². The van der Waals surface area contributed by atoms with E-state index in [1.165, 1.54) is 12.3 Å². The van der Waals surface area contributed by atoms with Crippen LogP contribution >= 0.6 is 11.6 Å². The highest BCUT2D eigenvalue weighted by Gasteiger charge is 2.31. The lowest BCUT2D eigenvalue weighted by Crippen LogP contribution is -2.36. The first-order valence-electron chi connectivity index (χ1n) is 12.6. The number of halogens is 5. The highest BCUT2D eigenvalue weighted by molar-refractivity contribution is 7.89. The molecule has 0 atom stereocenters. The van der Waals surface area contributed by atoms with Crippen LogP contribution in [-0.4, -0.2) is 70.4 Å². The predicted octanol–water partition coefficient (Wildman–Crippen LogP) is 5.12. The van der Waals surface area contributed by atoms with Crippen LogP contribution in [0, 0.1) is 11.7 Å². The van der Waals surface area contributed by atoms with E-state index in [0.717, 1.165) is 56.7 Å². The lowest BCUT2D eigenvalue weighted by molar-refractivity contribution is -0.156. The number of aliphatic imine (C=N–C) groups is 1. The van der Waals surface area contributed by atoms with E-state index in [0.29, 0.717) is 24.5 Å². The Morgan fingerprint density at radius 1 is 1.25 bits per heavy atom. The van der Waals surface area contributed by atoms with Crippen molar-refractivity contribution >= 4 is 33.4 Å². The molecule has 0 bridgehead atoms. The van der Waals surface area contributed by atoms with Crippen molar-refractivity contribution in [1.29, 1.82) is 0 Å². The van der Waals surface area contributed by atoms with Crippen LogP contribution in [0.25, 0.3) is 0 Å². The predicted molar refractivity (Wildman–Crippen MR) is 144 cm³/mol. The van der Waals surface area contributed by atoms with Crippen LogP contribution in [0.1, 0.15) is 54.4 Å². The standard InChI is InChI=1S/C26H32ClF4N3O5S/c1-16(12-32-25(17(2)27)39-15-26(29,30)31)13-34-8-6-18(7-9-34)14-38-23-11-22(28)21(10-20(23)19-4-5-19)24(35)33-40(3,36)37/h10-12,18-19H,2,4-9,13-15H2,1,3H3,(H,33,35)/b16-12+,32-25+. The third-order valence-corrected chi connectivity index (χ3v) is 7.02. The van der Waals surface area contributed by atoms with Crippen molar-refractivity contribution in [2.45, 2.75) is 44.7 Å². The van der Waals surface area contributed by atoms with Gasteiger partial charge in [0.15, 0.2) is 6.61 Å². The lowest BCUT2D eigenvalue weighted by atomic mass is 9.97. The topological polar surface area (TPSA) is 97.3 Å². The van der Waals surface area contributed by atoms with Crippen molar-refractivity contribution in [2.24, 2.45) is 10.9 Å². The van der Waals surface area contributed by atoms with Gasteiger partial charge in [-0.05, 0) is 74.7 Å². The van der Waals surface area contributed by atoms with Crippen molar-refractivity contribution in [2.75, 3.05) is 39.1 Å². The van der Waals surface area contributed by atoms with Gasteiger partial charge in [0.2, 0.25) is 15.9 Å². The molecule has 1 N–H and O–H groups in total. The van der Waals surface area contributed by atoms with E-state index < -0.39 is 34.5 Å². The lowest BCUT2D eigenvalue weighted by Gasteiger charge is -2.32. The first kappa shape index (κ1) is 31.9. The van der Waals surface area contributed by atoms with Crippen LogP contribution < -0.4 is 9.46 Å². The first-order valence-corrected chi connectivity index (χ1v) is 14.9. The molecule has 1 aliphatic carbocycles. The second-order valence-electron chi connectivity index (χ2n) is 10.1. The van der Waals surface area contributed by atoms with Crippen LogP contribution in [-0.2, 0) is 14.8 Å². The first-order chi connectivity index (χ1) is 18.6. The van der Waals surface area contributed by atoms with E-state index in [1.807, 2.05) is 0 Å². The normalized spacial score (nSPS) is 18.0. The summed E-state index contributed by atoms with van der Waals surface area (Å²) in [6.07, 6.45) is 1.08. The number of hydrogen-bond acceptors (Lipinski definition) is 7. The SMILES string of the molecule is C=C(Cl)/C(=N\C=C(/C)CN1CCC(COc2cc(F)c(C(=O)NS(C)(=O)=O)cc2C2CC2)CC1)OCC(F)(F)F. The fourth-order valence-corrected chi connectivity index (χ4v) is 4.77. The second kappa shape index (κ2) is 13.3. The molecule has 222 valence electrons. The summed E-state index contributed by atoms with van der Waals surface area (Å²) in [6.45, 7) is 6.06. The Hall–Kier alpha value is -2.64. The summed E-state index contributed by atoms with van der Waals surface area (Å²) >= 11 is 5.69. The minimum absolute atomic E-state index is 0.134. The van der Waals surface area contributed by atoms with Gasteiger partial charge < -0.3 is 9.47 Å². The van der Waals surface area contributed by atoms with Crippen LogP contribution in [0.3, 0.4) is 0 Å². The van der Waals surface area contributed by atoms with Crippen molar-refractivity contribution in [1.82, 2.24) is 9.62 Å². The van der Waals surface area contributed by atoms with Crippen LogP contribution in [0.2, 0.25) is 0 Å². The number of likely N-dealkylation sites (tertiary alicyclic amines) is 1. The Morgan fingerprint density at radius 3 is 2.45 bits per heavy atom. The van der Waals surface area contributed by atoms with Crippen molar-refractivity contribution in [3.8, 4) is 5.75 Å². The maximum atomic E-state index is 14.7. The number of amides is 1. The number of carbonyl (C=O) groups is 1. The summed E-state index contributed by atoms with van der Waals surface area (Å²) in [7, 11) is -3.83. The van der Waals surface area contributed by atoms with Gasteiger partial charge in [0.1, 0.15) is 11.6 Å². The zero-order chi connectivity index (χ0) is 29.7. The Balaban J connectivity index is 1.53. The molecule has 1 saturated carbocycles. The minimum Gasteiger partial charge on any atom is -0.493 e. The zero-order valence-corrected chi connectivity index (χ0v) is 23.8. The summed E-state index contributed by atoms with van der Waals surface area (Å²) in [5, 5.41) is -0.231. The van der Waals surface area contributed by atoms with E-state index >= 15 is 0 Å². The van der Waals surface area contributed by atoms with Crippen LogP contribution in [0.15, 0.2) is 40.5 Å². The molecule has 0 spiro atoms. The monoisotopic (exact) mass is 609 g/mol. The van der Waals surface area contributed by atoms with E-state index in [-0.39, 0.29) is 28.3 Å². The van der Waals surface area contributed by atoms with Gasteiger partial charge in [-0.15, -0.1) is 0 Å². The molecule has 0 radical (unpaired) electrons. The molecule has 1 amide bonds. The summed E-state index contributed by atoms with van der Waals surface area (Å²) in [5.41, 5.74) is 1.15. The smallest absolute Gasteiger partial charge is 0.422 e. The molecule has 1 heterocycles. The van der Waals surface area contributed by atoms with Crippen LogP contribution in [0.5, 0.6) is 5.75 Å². The molecule has 3 rings (SSSR count). The maximum Gasteiger partial charge on any atom is 0.422 e. The number of nitrogens with one attached hydrogen (secondary N) is 1. The number of benzene rings is 1. The largest absolute Gasteiger partial charge is 0.493 e. The fraction of sp³-hybridized carbons (Fsp3) is 0.538. The van der Waals surface area contributed by atoms with E-state index in [4.69, 9.17) is 16.3 Å². The van der Waals surface area contributed by atoms with Gasteiger partial charge in [0, 0.05) is 18.8 Å². The maximum absolute atomic E-state index is 14.7. The number of rotatable bonds is 11. The van der Waals surface area contributed by atoms with Crippen LogP contribution in [0.4, 0.5) is 17.6 Å². The summed E-state index contributed by atoms with van der Waals surface area (Å²) in [4.78, 5) is 18.3. The number of alkyl halides is 3. The Labute approximate surface area is 236 Å². The Kier molecular flexibility index (Phi) is 10.6. The number of nitrogens with zero attached hydrogens (tertiary/aromatic N) is 2. The van der Waals surface area contributed by atoms with E-state index in [1.54, 1.807) is 11.6 Å². The molecular weight excluding hydrogens is 578 g/mol.